The SMILES string of the molecule is Cc1ccccc1-c1cnc2c(c1)N(CCN1CCC1)C(=O)C2. The van der Waals surface area contributed by atoms with E-state index >= 15 is 0 Å². The summed E-state index contributed by atoms with van der Waals surface area (Å²) in [5.41, 5.74) is 5.41. The Balaban J connectivity index is 1.63. The molecule has 118 valence electrons. The Morgan fingerprint density at radius 3 is 2.74 bits per heavy atom. The van der Waals surface area contributed by atoms with E-state index < -0.39 is 0 Å². The van der Waals surface area contributed by atoms with E-state index in [1.54, 1.807) is 0 Å². The topological polar surface area (TPSA) is 36.4 Å². The van der Waals surface area contributed by atoms with Crippen LogP contribution in [0.25, 0.3) is 11.1 Å². The molecule has 4 heteroatoms. The zero-order valence-corrected chi connectivity index (χ0v) is 13.5. The van der Waals surface area contributed by atoms with Crippen LogP contribution in [0, 0.1) is 6.92 Å². The molecule has 1 aromatic heterocycles. The lowest BCUT2D eigenvalue weighted by molar-refractivity contribution is -0.117. The molecule has 0 aliphatic carbocycles. The van der Waals surface area contributed by atoms with Crippen LogP contribution >= 0.6 is 0 Å². The van der Waals surface area contributed by atoms with Crippen molar-refractivity contribution in [2.75, 3.05) is 31.1 Å². The first-order chi connectivity index (χ1) is 11.2. The number of amides is 1. The van der Waals surface area contributed by atoms with Crippen LogP contribution < -0.4 is 4.90 Å². The molecule has 4 rings (SSSR count). The molecule has 2 aromatic rings. The number of carbonyl (C=O) groups is 1. The summed E-state index contributed by atoms with van der Waals surface area (Å²) in [4.78, 5) is 21.2. The molecule has 0 saturated carbocycles. The number of anilines is 1. The smallest absolute Gasteiger partial charge is 0.233 e. The zero-order valence-electron chi connectivity index (χ0n) is 13.5. The Morgan fingerprint density at radius 1 is 1.17 bits per heavy atom. The van der Waals surface area contributed by atoms with Crippen LogP contribution in [0.3, 0.4) is 0 Å². The van der Waals surface area contributed by atoms with Crippen LogP contribution in [-0.2, 0) is 11.2 Å². The second-order valence-electron chi connectivity index (χ2n) is 6.42. The molecular formula is C19H21N3O. The number of rotatable bonds is 4. The summed E-state index contributed by atoms with van der Waals surface area (Å²) in [7, 11) is 0. The summed E-state index contributed by atoms with van der Waals surface area (Å²) in [5.74, 6) is 0.176. The van der Waals surface area contributed by atoms with Gasteiger partial charge in [0.2, 0.25) is 5.91 Å². The molecule has 3 heterocycles. The number of carbonyl (C=O) groups excluding carboxylic acids is 1. The fourth-order valence-corrected chi connectivity index (χ4v) is 3.36. The van der Waals surface area contributed by atoms with Gasteiger partial charge in [0.15, 0.2) is 0 Å². The minimum absolute atomic E-state index is 0.176. The van der Waals surface area contributed by atoms with Crippen molar-refractivity contribution in [3.8, 4) is 11.1 Å². The van der Waals surface area contributed by atoms with E-state index in [0.29, 0.717) is 6.42 Å². The first-order valence-corrected chi connectivity index (χ1v) is 8.30. The van der Waals surface area contributed by atoms with E-state index in [2.05, 4.69) is 35.0 Å². The number of hydrogen-bond acceptors (Lipinski definition) is 3. The summed E-state index contributed by atoms with van der Waals surface area (Å²) in [6.45, 7) is 6.16. The highest BCUT2D eigenvalue weighted by Gasteiger charge is 2.29. The molecular weight excluding hydrogens is 286 g/mol. The van der Waals surface area contributed by atoms with Crippen LogP contribution in [0.1, 0.15) is 17.7 Å². The molecule has 2 aliphatic heterocycles. The number of fused-ring (bicyclic) bond motifs is 1. The van der Waals surface area contributed by atoms with Crippen LogP contribution in [-0.4, -0.2) is 42.0 Å². The van der Waals surface area contributed by atoms with Gasteiger partial charge in [-0.05, 0) is 43.6 Å². The maximum atomic E-state index is 12.3. The van der Waals surface area contributed by atoms with E-state index in [1.165, 1.54) is 17.5 Å². The molecule has 1 fully saturated rings. The molecule has 0 radical (unpaired) electrons. The van der Waals surface area contributed by atoms with Gasteiger partial charge in [0, 0.05) is 24.8 Å². The van der Waals surface area contributed by atoms with E-state index in [4.69, 9.17) is 0 Å². The maximum absolute atomic E-state index is 12.3. The summed E-state index contributed by atoms with van der Waals surface area (Å²) in [6.07, 6.45) is 3.61. The Labute approximate surface area is 136 Å². The number of nitrogens with zero attached hydrogens (tertiary/aromatic N) is 3. The quantitative estimate of drug-likeness (QED) is 0.871. The summed E-state index contributed by atoms with van der Waals surface area (Å²) in [5, 5.41) is 0. The monoisotopic (exact) mass is 307 g/mol. The predicted octanol–water partition coefficient (Wildman–Crippen LogP) is 2.65. The third-order valence-corrected chi connectivity index (χ3v) is 4.90. The molecule has 4 nitrogen and oxygen atoms in total. The molecule has 0 N–H and O–H groups in total. The van der Waals surface area contributed by atoms with Crippen molar-refractivity contribution >= 4 is 11.6 Å². The van der Waals surface area contributed by atoms with E-state index in [9.17, 15) is 4.79 Å². The van der Waals surface area contributed by atoms with Crippen molar-refractivity contribution in [2.45, 2.75) is 19.8 Å². The number of aromatic nitrogens is 1. The van der Waals surface area contributed by atoms with Gasteiger partial charge in [-0.2, -0.15) is 0 Å². The van der Waals surface area contributed by atoms with Crippen molar-refractivity contribution in [1.82, 2.24) is 9.88 Å². The van der Waals surface area contributed by atoms with Crippen LogP contribution in [0.5, 0.6) is 0 Å². The third kappa shape index (κ3) is 2.63. The molecule has 0 unspecified atom stereocenters. The van der Waals surface area contributed by atoms with Gasteiger partial charge < -0.3 is 9.80 Å². The summed E-state index contributed by atoms with van der Waals surface area (Å²) < 4.78 is 0. The second-order valence-corrected chi connectivity index (χ2v) is 6.42. The number of aryl methyl sites for hydroxylation is 1. The van der Waals surface area contributed by atoms with Gasteiger partial charge >= 0.3 is 0 Å². The largest absolute Gasteiger partial charge is 0.309 e. The Morgan fingerprint density at radius 2 is 2.00 bits per heavy atom. The molecule has 0 atom stereocenters. The molecule has 0 spiro atoms. The standard InChI is InChI=1S/C19H21N3O/c1-14-5-2-3-6-16(14)15-11-18-17(20-13-15)12-19(23)22(18)10-9-21-7-4-8-21/h2-3,5-6,11,13H,4,7-10,12H2,1H3. The summed E-state index contributed by atoms with van der Waals surface area (Å²) in [6, 6.07) is 10.4. The molecule has 1 saturated heterocycles. The Hall–Kier alpha value is -2.20. The summed E-state index contributed by atoms with van der Waals surface area (Å²) >= 11 is 0. The van der Waals surface area contributed by atoms with Gasteiger partial charge in [0.25, 0.3) is 0 Å². The molecule has 2 aliphatic rings. The Kier molecular flexibility index (Phi) is 3.62. The zero-order chi connectivity index (χ0) is 15.8. The van der Waals surface area contributed by atoms with Crippen LogP contribution in [0.2, 0.25) is 0 Å². The van der Waals surface area contributed by atoms with Crippen molar-refractivity contribution in [3.63, 3.8) is 0 Å². The average molecular weight is 307 g/mol. The molecule has 0 bridgehead atoms. The first-order valence-electron chi connectivity index (χ1n) is 8.30. The van der Waals surface area contributed by atoms with Crippen molar-refractivity contribution < 1.29 is 4.79 Å². The average Bonchev–Trinajstić information content (AvgIpc) is 2.81. The fraction of sp³-hybridized carbons (Fsp3) is 0.368. The fourth-order valence-electron chi connectivity index (χ4n) is 3.36. The minimum atomic E-state index is 0.176. The highest BCUT2D eigenvalue weighted by molar-refractivity contribution is 6.01. The van der Waals surface area contributed by atoms with Gasteiger partial charge in [-0.25, -0.2) is 0 Å². The van der Waals surface area contributed by atoms with Gasteiger partial charge in [-0.1, -0.05) is 24.3 Å². The lowest BCUT2D eigenvalue weighted by Gasteiger charge is -2.32. The van der Waals surface area contributed by atoms with Gasteiger partial charge in [-0.15, -0.1) is 0 Å². The highest BCUT2D eigenvalue weighted by atomic mass is 16.2. The molecule has 1 amide bonds. The number of pyridine rings is 1. The number of benzene rings is 1. The highest BCUT2D eigenvalue weighted by Crippen LogP contribution is 2.32. The number of hydrogen-bond donors (Lipinski definition) is 0. The molecule has 23 heavy (non-hydrogen) atoms. The normalized spacial score (nSPS) is 17.3. The van der Waals surface area contributed by atoms with Crippen LogP contribution in [0.4, 0.5) is 5.69 Å². The maximum Gasteiger partial charge on any atom is 0.233 e. The van der Waals surface area contributed by atoms with Crippen molar-refractivity contribution in [3.05, 3.63) is 47.8 Å². The minimum Gasteiger partial charge on any atom is -0.309 e. The first kappa shape index (κ1) is 14.4. The van der Waals surface area contributed by atoms with Crippen LogP contribution in [0.15, 0.2) is 36.5 Å². The van der Waals surface area contributed by atoms with Crippen molar-refractivity contribution in [2.24, 2.45) is 0 Å². The van der Waals surface area contributed by atoms with Gasteiger partial charge in [0.05, 0.1) is 17.8 Å². The van der Waals surface area contributed by atoms with Crippen molar-refractivity contribution in [1.29, 1.82) is 0 Å². The second kappa shape index (κ2) is 5.78. The molecule has 1 aromatic carbocycles. The lowest BCUT2D eigenvalue weighted by Crippen LogP contribution is -2.43. The van der Waals surface area contributed by atoms with Gasteiger partial charge in [-0.3, -0.25) is 9.78 Å². The van der Waals surface area contributed by atoms with Gasteiger partial charge in [0.1, 0.15) is 0 Å². The number of likely N-dealkylation sites (tertiary alicyclic amines) is 1. The Bertz CT molecular complexity index is 752. The van der Waals surface area contributed by atoms with E-state index in [-0.39, 0.29) is 5.91 Å². The van der Waals surface area contributed by atoms with E-state index in [1.807, 2.05) is 23.2 Å². The third-order valence-electron chi connectivity index (χ3n) is 4.90. The lowest BCUT2D eigenvalue weighted by atomic mass is 10.0. The predicted molar refractivity (Wildman–Crippen MR) is 91.5 cm³/mol. The van der Waals surface area contributed by atoms with E-state index in [0.717, 1.165) is 43.1 Å².